The Morgan fingerprint density at radius 2 is 1.79 bits per heavy atom. The van der Waals surface area contributed by atoms with Gasteiger partial charge in [-0.3, -0.25) is 0 Å². The first kappa shape index (κ1) is 16.8. The zero-order valence-electron chi connectivity index (χ0n) is 13.0. The van der Waals surface area contributed by atoms with Gasteiger partial charge >= 0.3 is 5.97 Å². The van der Waals surface area contributed by atoms with Crippen LogP contribution < -0.4 is 9.47 Å². The highest BCUT2D eigenvalue weighted by Crippen LogP contribution is 2.30. The first-order valence-corrected chi connectivity index (χ1v) is 7.24. The SMILES string of the molecule is CCOc1cc(C=C(C#N)C#N)ccc1OC(=O)c1ccccc1. The van der Waals surface area contributed by atoms with Crippen LogP contribution in [0, 0.1) is 22.7 Å². The van der Waals surface area contributed by atoms with E-state index in [-0.39, 0.29) is 11.3 Å². The molecule has 0 spiro atoms. The van der Waals surface area contributed by atoms with Crippen molar-refractivity contribution in [1.29, 1.82) is 10.5 Å². The van der Waals surface area contributed by atoms with Crippen molar-refractivity contribution >= 4 is 12.0 Å². The third-order valence-corrected chi connectivity index (χ3v) is 3.03. The molecule has 2 aromatic carbocycles. The molecule has 0 radical (unpaired) electrons. The first-order chi connectivity index (χ1) is 11.7. The van der Waals surface area contributed by atoms with E-state index < -0.39 is 5.97 Å². The predicted octanol–water partition coefficient (Wildman–Crippen LogP) is 3.74. The fraction of sp³-hybridized carbons (Fsp3) is 0.105. The lowest BCUT2D eigenvalue weighted by Crippen LogP contribution is -2.09. The Morgan fingerprint density at radius 1 is 1.08 bits per heavy atom. The fourth-order valence-electron chi connectivity index (χ4n) is 1.96. The predicted molar refractivity (Wildman–Crippen MR) is 88.2 cm³/mol. The Balaban J connectivity index is 2.30. The van der Waals surface area contributed by atoms with Crippen LogP contribution in [0.4, 0.5) is 0 Å². The van der Waals surface area contributed by atoms with Crippen molar-refractivity contribution in [3.05, 3.63) is 65.2 Å². The van der Waals surface area contributed by atoms with Gasteiger partial charge in [0.1, 0.15) is 17.7 Å². The minimum absolute atomic E-state index is 0.0218. The second-order valence-electron chi connectivity index (χ2n) is 4.68. The summed E-state index contributed by atoms with van der Waals surface area (Å²) in [5.74, 6) is 0.152. The van der Waals surface area contributed by atoms with E-state index in [2.05, 4.69) is 0 Å². The van der Waals surface area contributed by atoms with Gasteiger partial charge in [-0.2, -0.15) is 10.5 Å². The van der Waals surface area contributed by atoms with E-state index in [0.29, 0.717) is 23.5 Å². The Labute approximate surface area is 140 Å². The highest BCUT2D eigenvalue weighted by atomic mass is 16.6. The first-order valence-electron chi connectivity index (χ1n) is 7.24. The maximum atomic E-state index is 12.2. The molecular formula is C19H14N2O3. The topological polar surface area (TPSA) is 83.1 Å². The van der Waals surface area contributed by atoms with Crippen molar-refractivity contribution in [2.45, 2.75) is 6.92 Å². The molecule has 0 aliphatic carbocycles. The molecule has 0 aliphatic rings. The van der Waals surface area contributed by atoms with Crippen LogP contribution in [0.1, 0.15) is 22.8 Å². The molecule has 118 valence electrons. The highest BCUT2D eigenvalue weighted by Gasteiger charge is 2.13. The second kappa shape index (κ2) is 8.17. The molecule has 0 amide bonds. The number of ether oxygens (including phenoxy) is 2. The van der Waals surface area contributed by atoms with Crippen molar-refractivity contribution in [2.75, 3.05) is 6.61 Å². The summed E-state index contributed by atoms with van der Waals surface area (Å²) in [6.07, 6.45) is 1.44. The number of nitriles is 2. The van der Waals surface area contributed by atoms with Gasteiger partial charge in [0.15, 0.2) is 11.5 Å². The van der Waals surface area contributed by atoms with Gasteiger partial charge in [-0.25, -0.2) is 4.79 Å². The Bertz CT molecular complexity index is 827. The van der Waals surface area contributed by atoms with E-state index in [1.165, 1.54) is 6.08 Å². The van der Waals surface area contributed by atoms with Crippen LogP contribution >= 0.6 is 0 Å². The lowest BCUT2D eigenvalue weighted by Gasteiger charge is -2.11. The number of esters is 1. The summed E-state index contributed by atoms with van der Waals surface area (Å²) >= 11 is 0. The van der Waals surface area contributed by atoms with Gasteiger partial charge in [-0.15, -0.1) is 0 Å². The third kappa shape index (κ3) is 4.22. The van der Waals surface area contributed by atoms with Crippen LogP contribution in [-0.4, -0.2) is 12.6 Å². The third-order valence-electron chi connectivity index (χ3n) is 3.03. The summed E-state index contributed by atoms with van der Waals surface area (Å²) in [4.78, 5) is 12.2. The molecular weight excluding hydrogens is 304 g/mol. The van der Waals surface area contributed by atoms with Crippen molar-refractivity contribution in [2.24, 2.45) is 0 Å². The molecule has 0 atom stereocenters. The summed E-state index contributed by atoms with van der Waals surface area (Å²) in [7, 11) is 0. The van der Waals surface area contributed by atoms with E-state index in [4.69, 9.17) is 20.0 Å². The van der Waals surface area contributed by atoms with Crippen LogP contribution in [0.3, 0.4) is 0 Å². The van der Waals surface area contributed by atoms with Crippen LogP contribution in [0.15, 0.2) is 54.1 Å². The van der Waals surface area contributed by atoms with E-state index in [1.807, 2.05) is 6.07 Å². The lowest BCUT2D eigenvalue weighted by molar-refractivity contribution is 0.0728. The van der Waals surface area contributed by atoms with Crippen LogP contribution in [-0.2, 0) is 0 Å². The average Bonchev–Trinajstić information content (AvgIpc) is 2.62. The van der Waals surface area contributed by atoms with Crippen LogP contribution in [0.25, 0.3) is 6.08 Å². The van der Waals surface area contributed by atoms with Gasteiger partial charge in [-0.05, 0) is 42.8 Å². The minimum atomic E-state index is -0.491. The largest absolute Gasteiger partial charge is 0.490 e. The van der Waals surface area contributed by atoms with Crippen LogP contribution in [0.5, 0.6) is 11.5 Å². The lowest BCUT2D eigenvalue weighted by atomic mass is 10.1. The summed E-state index contributed by atoms with van der Waals surface area (Å²) in [5.41, 5.74) is 1.02. The van der Waals surface area contributed by atoms with Crippen molar-refractivity contribution in [1.82, 2.24) is 0 Å². The quantitative estimate of drug-likeness (QED) is 0.476. The molecule has 24 heavy (non-hydrogen) atoms. The summed E-state index contributed by atoms with van der Waals surface area (Å²) in [6.45, 7) is 2.19. The van der Waals surface area contributed by atoms with Gasteiger partial charge in [0.25, 0.3) is 0 Å². The van der Waals surface area contributed by atoms with Crippen molar-refractivity contribution in [3.8, 4) is 23.6 Å². The molecule has 0 fully saturated rings. The van der Waals surface area contributed by atoms with Crippen molar-refractivity contribution < 1.29 is 14.3 Å². The summed E-state index contributed by atoms with van der Waals surface area (Å²) in [6, 6.07) is 17.0. The monoisotopic (exact) mass is 318 g/mol. The minimum Gasteiger partial charge on any atom is -0.490 e. The van der Waals surface area contributed by atoms with Gasteiger partial charge in [0, 0.05) is 0 Å². The number of carbonyl (C=O) groups is 1. The Kier molecular flexibility index (Phi) is 5.71. The van der Waals surface area contributed by atoms with Gasteiger partial charge in [-0.1, -0.05) is 24.3 Å². The molecule has 0 N–H and O–H groups in total. The molecule has 5 heteroatoms. The number of nitrogens with zero attached hydrogens (tertiary/aromatic N) is 2. The number of carbonyl (C=O) groups excluding carboxylic acids is 1. The molecule has 0 heterocycles. The highest BCUT2D eigenvalue weighted by molar-refractivity contribution is 5.91. The van der Waals surface area contributed by atoms with Gasteiger partial charge in [0.2, 0.25) is 0 Å². The normalized spacial score (nSPS) is 9.29. The number of rotatable bonds is 5. The Hall–Kier alpha value is -3.57. The molecule has 2 rings (SSSR count). The van der Waals surface area contributed by atoms with Gasteiger partial charge in [0.05, 0.1) is 12.2 Å². The van der Waals surface area contributed by atoms with E-state index in [9.17, 15) is 4.79 Å². The van der Waals surface area contributed by atoms with E-state index >= 15 is 0 Å². The number of hydrogen-bond acceptors (Lipinski definition) is 5. The smallest absolute Gasteiger partial charge is 0.343 e. The van der Waals surface area contributed by atoms with Crippen LogP contribution in [0.2, 0.25) is 0 Å². The zero-order chi connectivity index (χ0) is 17.4. The van der Waals surface area contributed by atoms with E-state index in [0.717, 1.165) is 0 Å². The number of hydrogen-bond donors (Lipinski definition) is 0. The molecule has 0 saturated carbocycles. The second-order valence-corrected chi connectivity index (χ2v) is 4.68. The standard InChI is InChI=1S/C19H14N2O3/c1-2-23-18-11-14(10-15(12-20)13-21)8-9-17(18)24-19(22)16-6-4-3-5-7-16/h3-11H,2H2,1H3. The maximum absolute atomic E-state index is 12.2. The number of benzene rings is 2. The summed E-state index contributed by atoms with van der Waals surface area (Å²) < 4.78 is 10.9. The number of allylic oxidation sites excluding steroid dienone is 1. The molecule has 0 saturated heterocycles. The zero-order valence-corrected chi connectivity index (χ0v) is 13.0. The molecule has 5 nitrogen and oxygen atoms in total. The van der Waals surface area contributed by atoms with E-state index in [1.54, 1.807) is 61.5 Å². The molecule has 0 aromatic heterocycles. The molecule has 2 aromatic rings. The Morgan fingerprint density at radius 3 is 2.42 bits per heavy atom. The fourth-order valence-corrected chi connectivity index (χ4v) is 1.96. The van der Waals surface area contributed by atoms with Crippen molar-refractivity contribution in [3.63, 3.8) is 0 Å². The summed E-state index contributed by atoms with van der Waals surface area (Å²) in [5, 5.41) is 17.6. The molecule has 0 aliphatic heterocycles. The van der Waals surface area contributed by atoms with Gasteiger partial charge < -0.3 is 9.47 Å². The molecule has 0 bridgehead atoms. The average molecular weight is 318 g/mol. The maximum Gasteiger partial charge on any atom is 0.343 e. The molecule has 0 unspecified atom stereocenters.